The fourth-order valence-corrected chi connectivity index (χ4v) is 3.84. The predicted octanol–water partition coefficient (Wildman–Crippen LogP) is 2.12. The third kappa shape index (κ3) is 3.27. The van der Waals surface area contributed by atoms with Crippen molar-refractivity contribution in [2.45, 2.75) is 39.7 Å². The van der Waals surface area contributed by atoms with Crippen molar-refractivity contribution in [3.63, 3.8) is 0 Å². The molecule has 3 atom stereocenters. The molecule has 6 nitrogen and oxygen atoms in total. The zero-order chi connectivity index (χ0) is 18.0. The van der Waals surface area contributed by atoms with Gasteiger partial charge in [-0.2, -0.15) is 0 Å². The van der Waals surface area contributed by atoms with E-state index in [0.29, 0.717) is 26.1 Å². The summed E-state index contributed by atoms with van der Waals surface area (Å²) in [5.41, 5.74) is -0.501. The van der Waals surface area contributed by atoms with Gasteiger partial charge in [-0.3, -0.25) is 9.59 Å². The van der Waals surface area contributed by atoms with Crippen LogP contribution in [0.2, 0.25) is 0 Å². The maximum atomic E-state index is 13.0. The zero-order valence-electron chi connectivity index (χ0n) is 15.2. The number of carbonyl (C=O) groups is 2. The molecule has 1 fully saturated rings. The molecule has 0 spiro atoms. The van der Waals surface area contributed by atoms with Crippen LogP contribution in [0.3, 0.4) is 0 Å². The Kier molecular flexibility index (Phi) is 5.83. The van der Waals surface area contributed by atoms with Crippen LogP contribution in [0, 0.1) is 16.7 Å². The lowest BCUT2D eigenvalue weighted by molar-refractivity contribution is -0.190. The quantitative estimate of drug-likeness (QED) is 0.232. The van der Waals surface area contributed by atoms with E-state index in [1.165, 1.54) is 7.11 Å². The van der Waals surface area contributed by atoms with Gasteiger partial charge in [-0.05, 0) is 19.8 Å². The molecule has 0 unspecified atom stereocenters. The van der Waals surface area contributed by atoms with E-state index in [2.05, 4.69) is 0 Å². The van der Waals surface area contributed by atoms with Crippen LogP contribution in [-0.2, 0) is 28.5 Å². The summed E-state index contributed by atoms with van der Waals surface area (Å²) >= 11 is 0. The Morgan fingerprint density at radius 1 is 1.29 bits per heavy atom. The summed E-state index contributed by atoms with van der Waals surface area (Å²) in [6.45, 7) is 7.01. The van der Waals surface area contributed by atoms with E-state index in [1.807, 2.05) is 26.8 Å². The summed E-state index contributed by atoms with van der Waals surface area (Å²) in [5, 5.41) is 0. The van der Waals surface area contributed by atoms with Gasteiger partial charge in [0.05, 0.1) is 26.4 Å². The number of carbonyl (C=O) groups excluding carboxylic acids is 2. The highest BCUT2D eigenvalue weighted by atomic mass is 16.7. The van der Waals surface area contributed by atoms with E-state index in [0.717, 1.165) is 5.57 Å². The lowest BCUT2D eigenvalue weighted by Crippen LogP contribution is -2.60. The molecule has 0 radical (unpaired) electrons. The molecule has 2 bridgehead atoms. The Morgan fingerprint density at radius 3 is 2.62 bits per heavy atom. The SMILES string of the molecule is COCCOCO[C@@H]1C[C@@]2(C(=O)OC)CC(C)=C[C@H](C2=O)C1(C)C. The fraction of sp³-hybridized carbons (Fsp3) is 0.778. The maximum Gasteiger partial charge on any atom is 0.319 e. The summed E-state index contributed by atoms with van der Waals surface area (Å²) in [7, 11) is 2.94. The fourth-order valence-electron chi connectivity index (χ4n) is 3.84. The second-order valence-corrected chi connectivity index (χ2v) is 7.31. The first kappa shape index (κ1) is 19.1. The molecule has 136 valence electrons. The van der Waals surface area contributed by atoms with Crippen molar-refractivity contribution in [3.8, 4) is 0 Å². The van der Waals surface area contributed by atoms with Crippen LogP contribution >= 0.6 is 0 Å². The Hall–Kier alpha value is -1.24. The average molecular weight is 340 g/mol. The normalized spacial score (nSPS) is 31.5. The average Bonchev–Trinajstić information content (AvgIpc) is 2.54. The topological polar surface area (TPSA) is 71.1 Å². The lowest BCUT2D eigenvalue weighted by atomic mass is 9.52. The van der Waals surface area contributed by atoms with Gasteiger partial charge in [-0.15, -0.1) is 0 Å². The number of Topliss-reactive ketones (excluding diaryl/α,β-unsaturated/α-hetero) is 1. The van der Waals surface area contributed by atoms with Crippen molar-refractivity contribution < 1.29 is 28.5 Å². The third-order valence-electron chi connectivity index (χ3n) is 5.31. The number of ether oxygens (including phenoxy) is 4. The van der Waals surface area contributed by atoms with E-state index in [9.17, 15) is 9.59 Å². The number of ketones is 1. The van der Waals surface area contributed by atoms with Crippen molar-refractivity contribution in [3.05, 3.63) is 11.6 Å². The van der Waals surface area contributed by atoms with Gasteiger partial charge in [-0.25, -0.2) is 0 Å². The highest BCUT2D eigenvalue weighted by molar-refractivity contribution is 6.07. The first-order valence-electron chi connectivity index (χ1n) is 8.28. The van der Waals surface area contributed by atoms with Crippen LogP contribution in [-0.4, -0.2) is 52.1 Å². The van der Waals surface area contributed by atoms with E-state index >= 15 is 0 Å². The van der Waals surface area contributed by atoms with Crippen molar-refractivity contribution in [2.75, 3.05) is 34.2 Å². The number of allylic oxidation sites excluding steroid dienone is 2. The van der Waals surface area contributed by atoms with Gasteiger partial charge in [0.15, 0.2) is 5.78 Å². The molecule has 1 saturated carbocycles. The second kappa shape index (κ2) is 7.33. The van der Waals surface area contributed by atoms with E-state index < -0.39 is 16.8 Å². The Balaban J connectivity index is 2.22. The number of rotatable bonds is 7. The van der Waals surface area contributed by atoms with E-state index in [-0.39, 0.29) is 24.6 Å². The highest BCUT2D eigenvalue weighted by Crippen LogP contribution is 2.54. The molecule has 2 rings (SSSR count). The monoisotopic (exact) mass is 340 g/mol. The van der Waals surface area contributed by atoms with Crippen LogP contribution in [0.1, 0.15) is 33.6 Å². The predicted molar refractivity (Wildman–Crippen MR) is 87.3 cm³/mol. The van der Waals surface area contributed by atoms with Gasteiger partial charge in [0.25, 0.3) is 0 Å². The van der Waals surface area contributed by atoms with Gasteiger partial charge < -0.3 is 18.9 Å². The Morgan fingerprint density at radius 2 is 2.00 bits per heavy atom. The smallest absolute Gasteiger partial charge is 0.319 e. The van der Waals surface area contributed by atoms with Crippen molar-refractivity contribution >= 4 is 11.8 Å². The number of hydrogen-bond acceptors (Lipinski definition) is 6. The van der Waals surface area contributed by atoms with Gasteiger partial charge in [0, 0.05) is 18.4 Å². The van der Waals surface area contributed by atoms with Crippen LogP contribution < -0.4 is 0 Å². The zero-order valence-corrected chi connectivity index (χ0v) is 15.2. The first-order chi connectivity index (χ1) is 11.3. The molecule has 0 amide bonds. The maximum absolute atomic E-state index is 13.0. The van der Waals surface area contributed by atoms with E-state index in [4.69, 9.17) is 18.9 Å². The third-order valence-corrected chi connectivity index (χ3v) is 5.31. The van der Waals surface area contributed by atoms with E-state index in [1.54, 1.807) is 7.11 Å². The van der Waals surface area contributed by atoms with Crippen molar-refractivity contribution in [2.24, 2.45) is 16.7 Å². The summed E-state index contributed by atoms with van der Waals surface area (Å²) in [4.78, 5) is 25.5. The molecule has 2 aliphatic rings. The minimum absolute atomic E-state index is 0.0508. The number of methoxy groups -OCH3 is 2. The summed E-state index contributed by atoms with van der Waals surface area (Å²) < 4.78 is 21.2. The molecule has 0 N–H and O–H groups in total. The molecular formula is C18H28O6. The van der Waals surface area contributed by atoms with Gasteiger partial charge >= 0.3 is 5.97 Å². The number of esters is 1. The first-order valence-corrected chi connectivity index (χ1v) is 8.28. The molecule has 0 aliphatic heterocycles. The van der Waals surface area contributed by atoms with Crippen LogP contribution in [0.5, 0.6) is 0 Å². The van der Waals surface area contributed by atoms with Gasteiger partial charge in [0.1, 0.15) is 12.2 Å². The lowest BCUT2D eigenvalue weighted by Gasteiger charge is -2.52. The van der Waals surface area contributed by atoms with Gasteiger partial charge in [0.2, 0.25) is 0 Å². The molecule has 0 aromatic carbocycles. The molecule has 24 heavy (non-hydrogen) atoms. The van der Waals surface area contributed by atoms with Crippen LogP contribution in [0.15, 0.2) is 11.6 Å². The van der Waals surface area contributed by atoms with Crippen LogP contribution in [0.25, 0.3) is 0 Å². The minimum atomic E-state index is -1.13. The standard InChI is InChI=1S/C18H28O6/c1-12-8-13-15(19)18(9-12,16(20)22-5)10-14(17(13,2)3)24-11-23-7-6-21-4/h8,13-14H,6-7,9-11H2,1-5H3/t13-,14-,18+/m1/s1. The number of fused-ring (bicyclic) bond motifs is 2. The summed E-state index contributed by atoms with van der Waals surface area (Å²) in [6.07, 6.45) is 2.42. The molecule has 2 aliphatic carbocycles. The van der Waals surface area contributed by atoms with Crippen molar-refractivity contribution in [1.29, 1.82) is 0 Å². The summed E-state index contributed by atoms with van der Waals surface area (Å²) in [5.74, 6) is -0.873. The molecule has 0 heterocycles. The Bertz CT molecular complexity index is 524. The second-order valence-electron chi connectivity index (χ2n) is 7.31. The Labute approximate surface area is 143 Å². The molecule has 0 aromatic heterocycles. The molecular weight excluding hydrogens is 312 g/mol. The minimum Gasteiger partial charge on any atom is -0.468 e. The highest BCUT2D eigenvalue weighted by Gasteiger charge is 2.62. The van der Waals surface area contributed by atoms with Crippen molar-refractivity contribution in [1.82, 2.24) is 0 Å². The molecule has 0 aromatic rings. The van der Waals surface area contributed by atoms with Crippen LogP contribution in [0.4, 0.5) is 0 Å². The largest absolute Gasteiger partial charge is 0.468 e. The van der Waals surface area contributed by atoms with Gasteiger partial charge in [-0.1, -0.05) is 25.5 Å². The number of hydrogen-bond donors (Lipinski definition) is 0. The molecule has 0 saturated heterocycles. The molecule has 6 heteroatoms. The summed E-state index contributed by atoms with van der Waals surface area (Å²) in [6, 6.07) is 0.